The minimum Gasteiger partial charge on any atom is -0.372 e. The maximum absolute atomic E-state index is 12.0. The number of fused-ring (bicyclic) bond motifs is 1. The molecule has 0 spiro atoms. The van der Waals surface area contributed by atoms with E-state index in [1.807, 2.05) is 23.7 Å². The fourth-order valence-electron chi connectivity index (χ4n) is 1.88. The Morgan fingerprint density at radius 3 is 2.81 bits per heavy atom. The van der Waals surface area contributed by atoms with E-state index in [9.17, 15) is 4.79 Å². The maximum atomic E-state index is 12.0. The van der Waals surface area contributed by atoms with E-state index in [1.54, 1.807) is 13.2 Å². The molecule has 0 aliphatic carbocycles. The Balaban J connectivity index is 2.14. The van der Waals surface area contributed by atoms with Gasteiger partial charge in [0.2, 0.25) is 5.91 Å². The number of aromatic nitrogens is 3. The normalized spacial score (nSPS) is 12.4. The zero-order valence-corrected chi connectivity index (χ0v) is 12.8. The van der Waals surface area contributed by atoms with E-state index >= 15 is 0 Å². The van der Waals surface area contributed by atoms with Crippen LogP contribution in [0.1, 0.15) is 20.8 Å². The highest BCUT2D eigenvalue weighted by Crippen LogP contribution is 2.16. The van der Waals surface area contributed by atoms with Crippen LogP contribution in [0.4, 0.5) is 11.6 Å². The van der Waals surface area contributed by atoms with Gasteiger partial charge in [-0.2, -0.15) is 0 Å². The summed E-state index contributed by atoms with van der Waals surface area (Å²) in [5.74, 6) is 1.66. The van der Waals surface area contributed by atoms with Crippen molar-refractivity contribution in [3.05, 3.63) is 18.6 Å². The molecule has 21 heavy (non-hydrogen) atoms. The van der Waals surface area contributed by atoms with E-state index in [0.29, 0.717) is 29.7 Å². The molecule has 0 aliphatic rings. The molecule has 2 heterocycles. The van der Waals surface area contributed by atoms with Crippen LogP contribution in [0.15, 0.2) is 18.6 Å². The van der Waals surface area contributed by atoms with Crippen LogP contribution in [-0.4, -0.2) is 39.9 Å². The number of carbonyl (C=O) groups excluding carboxylic acids is 1. The number of anilines is 2. The standard InChI is InChI=1S/C14H22N6O/c1-9(2)7-17-14(21)10(3)18-12-13-16-5-6-20(13)8-11(15-4)19-12/h5-6,8-10,15H,7H2,1-4H3,(H,17,21)(H,18,19). The van der Waals surface area contributed by atoms with Crippen molar-refractivity contribution in [2.75, 3.05) is 24.2 Å². The van der Waals surface area contributed by atoms with Crippen molar-refractivity contribution < 1.29 is 4.79 Å². The first kappa shape index (κ1) is 15.1. The van der Waals surface area contributed by atoms with Gasteiger partial charge in [-0.1, -0.05) is 13.8 Å². The highest BCUT2D eigenvalue weighted by molar-refractivity contribution is 5.85. The van der Waals surface area contributed by atoms with Crippen LogP contribution in [-0.2, 0) is 4.79 Å². The van der Waals surface area contributed by atoms with Crippen molar-refractivity contribution in [2.24, 2.45) is 5.92 Å². The summed E-state index contributed by atoms with van der Waals surface area (Å²) in [4.78, 5) is 20.7. The van der Waals surface area contributed by atoms with Crippen LogP contribution in [0.25, 0.3) is 5.65 Å². The molecule has 0 radical (unpaired) electrons. The second-order valence-electron chi connectivity index (χ2n) is 5.39. The number of amides is 1. The summed E-state index contributed by atoms with van der Waals surface area (Å²) in [6.07, 6.45) is 5.38. The number of hydrogen-bond acceptors (Lipinski definition) is 5. The topological polar surface area (TPSA) is 83.3 Å². The summed E-state index contributed by atoms with van der Waals surface area (Å²) in [7, 11) is 1.80. The Hall–Kier alpha value is -2.31. The van der Waals surface area contributed by atoms with E-state index in [4.69, 9.17) is 0 Å². The van der Waals surface area contributed by atoms with Crippen molar-refractivity contribution in [1.29, 1.82) is 0 Å². The number of carbonyl (C=O) groups is 1. The van der Waals surface area contributed by atoms with Gasteiger partial charge in [0, 0.05) is 26.0 Å². The van der Waals surface area contributed by atoms with Crippen molar-refractivity contribution in [2.45, 2.75) is 26.8 Å². The van der Waals surface area contributed by atoms with Crippen molar-refractivity contribution in [1.82, 2.24) is 19.7 Å². The Bertz CT molecular complexity index is 621. The monoisotopic (exact) mass is 290 g/mol. The molecule has 2 aromatic rings. The van der Waals surface area contributed by atoms with E-state index in [-0.39, 0.29) is 11.9 Å². The highest BCUT2D eigenvalue weighted by atomic mass is 16.2. The van der Waals surface area contributed by atoms with Gasteiger partial charge in [-0.15, -0.1) is 0 Å². The molecular weight excluding hydrogens is 268 g/mol. The molecule has 0 saturated heterocycles. The lowest BCUT2D eigenvalue weighted by Gasteiger charge is -2.16. The van der Waals surface area contributed by atoms with E-state index in [2.05, 4.69) is 39.8 Å². The Morgan fingerprint density at radius 2 is 2.14 bits per heavy atom. The van der Waals surface area contributed by atoms with Gasteiger partial charge in [-0.05, 0) is 12.8 Å². The summed E-state index contributed by atoms with van der Waals surface area (Å²) in [5, 5.41) is 9.01. The predicted octanol–water partition coefficient (Wildman–Crippen LogP) is 1.34. The van der Waals surface area contributed by atoms with Gasteiger partial charge in [-0.3, -0.25) is 4.79 Å². The zero-order chi connectivity index (χ0) is 15.4. The van der Waals surface area contributed by atoms with Gasteiger partial charge in [0.05, 0.1) is 6.20 Å². The van der Waals surface area contributed by atoms with Crippen LogP contribution in [0.5, 0.6) is 0 Å². The molecule has 2 aromatic heterocycles. The second-order valence-corrected chi connectivity index (χ2v) is 5.39. The maximum Gasteiger partial charge on any atom is 0.242 e. The smallest absolute Gasteiger partial charge is 0.242 e. The van der Waals surface area contributed by atoms with Crippen LogP contribution in [0.3, 0.4) is 0 Å². The van der Waals surface area contributed by atoms with Crippen LogP contribution in [0.2, 0.25) is 0 Å². The summed E-state index contributed by atoms with van der Waals surface area (Å²) in [6.45, 7) is 6.59. The van der Waals surface area contributed by atoms with Gasteiger partial charge in [0.25, 0.3) is 0 Å². The lowest BCUT2D eigenvalue weighted by molar-refractivity contribution is -0.121. The summed E-state index contributed by atoms with van der Waals surface area (Å²) < 4.78 is 1.86. The third kappa shape index (κ3) is 3.62. The fourth-order valence-corrected chi connectivity index (χ4v) is 1.88. The van der Waals surface area contributed by atoms with Gasteiger partial charge < -0.3 is 20.4 Å². The summed E-state index contributed by atoms with van der Waals surface area (Å²) in [6, 6.07) is -0.385. The zero-order valence-electron chi connectivity index (χ0n) is 12.8. The number of hydrogen-bond donors (Lipinski definition) is 3. The SMILES string of the molecule is CNc1cn2ccnc2c(NC(C)C(=O)NCC(C)C)n1. The first-order chi connectivity index (χ1) is 10.0. The quantitative estimate of drug-likeness (QED) is 0.748. The van der Waals surface area contributed by atoms with Crippen molar-refractivity contribution in [3.63, 3.8) is 0 Å². The van der Waals surface area contributed by atoms with E-state index in [1.165, 1.54) is 0 Å². The second kappa shape index (κ2) is 6.43. The first-order valence-corrected chi connectivity index (χ1v) is 7.07. The Labute approximate surface area is 124 Å². The highest BCUT2D eigenvalue weighted by Gasteiger charge is 2.16. The molecule has 0 saturated carbocycles. The molecule has 2 rings (SSSR count). The molecule has 114 valence electrons. The molecule has 0 fully saturated rings. The lowest BCUT2D eigenvalue weighted by Crippen LogP contribution is -2.39. The first-order valence-electron chi connectivity index (χ1n) is 7.07. The van der Waals surface area contributed by atoms with Crippen molar-refractivity contribution >= 4 is 23.2 Å². The molecule has 7 heteroatoms. The van der Waals surface area contributed by atoms with Gasteiger partial charge in [0.15, 0.2) is 11.5 Å². The summed E-state index contributed by atoms with van der Waals surface area (Å²) >= 11 is 0. The average molecular weight is 290 g/mol. The third-order valence-electron chi connectivity index (χ3n) is 3.06. The van der Waals surface area contributed by atoms with Gasteiger partial charge in [0.1, 0.15) is 11.9 Å². The molecule has 1 unspecified atom stereocenters. The molecule has 0 aliphatic heterocycles. The number of nitrogens with zero attached hydrogens (tertiary/aromatic N) is 3. The van der Waals surface area contributed by atoms with Crippen LogP contribution in [0, 0.1) is 5.92 Å². The number of rotatable bonds is 6. The number of imidazole rings is 1. The molecule has 0 bridgehead atoms. The molecule has 1 atom stereocenters. The van der Waals surface area contributed by atoms with Crippen molar-refractivity contribution in [3.8, 4) is 0 Å². The van der Waals surface area contributed by atoms with Gasteiger partial charge in [-0.25, -0.2) is 9.97 Å². The predicted molar refractivity (Wildman–Crippen MR) is 83.5 cm³/mol. The lowest BCUT2D eigenvalue weighted by atomic mass is 10.2. The summed E-state index contributed by atoms with van der Waals surface area (Å²) in [5.41, 5.74) is 0.692. The molecule has 0 aromatic carbocycles. The minimum absolute atomic E-state index is 0.0509. The largest absolute Gasteiger partial charge is 0.372 e. The minimum atomic E-state index is -0.385. The number of nitrogens with one attached hydrogen (secondary N) is 3. The average Bonchev–Trinajstić information content (AvgIpc) is 2.92. The molecule has 3 N–H and O–H groups in total. The van der Waals surface area contributed by atoms with E-state index in [0.717, 1.165) is 0 Å². The Morgan fingerprint density at radius 1 is 1.38 bits per heavy atom. The van der Waals surface area contributed by atoms with E-state index < -0.39 is 0 Å². The molecular formula is C14H22N6O. The van der Waals surface area contributed by atoms with Crippen LogP contribution < -0.4 is 16.0 Å². The fraction of sp³-hybridized carbons (Fsp3) is 0.500. The Kier molecular flexibility index (Phi) is 4.62. The molecule has 7 nitrogen and oxygen atoms in total. The third-order valence-corrected chi connectivity index (χ3v) is 3.06. The van der Waals surface area contributed by atoms with Gasteiger partial charge >= 0.3 is 0 Å². The molecule has 1 amide bonds. The van der Waals surface area contributed by atoms with Crippen LogP contribution >= 0.6 is 0 Å².